The highest BCUT2D eigenvalue weighted by molar-refractivity contribution is 6.07. The first-order valence-corrected chi connectivity index (χ1v) is 9.13. The number of hydrogen-bond acceptors (Lipinski definition) is 4. The molecule has 0 aromatic rings. The average molecular weight is 336 g/mol. The summed E-state index contributed by atoms with van der Waals surface area (Å²) < 4.78 is 5.58. The van der Waals surface area contributed by atoms with Crippen LogP contribution in [0.3, 0.4) is 0 Å². The van der Waals surface area contributed by atoms with Gasteiger partial charge < -0.3 is 4.74 Å². The fourth-order valence-electron chi connectivity index (χ4n) is 3.37. The largest absolute Gasteiger partial charge is 0.462 e. The number of esters is 1. The van der Waals surface area contributed by atoms with Crippen LogP contribution in [0.2, 0.25) is 0 Å². The van der Waals surface area contributed by atoms with E-state index in [4.69, 9.17) is 4.74 Å². The zero-order valence-corrected chi connectivity index (χ0v) is 15.9. The quantitative estimate of drug-likeness (QED) is 0.534. The minimum atomic E-state index is -0.781. The Morgan fingerprint density at radius 3 is 2.33 bits per heavy atom. The third-order valence-corrected chi connectivity index (χ3v) is 5.10. The van der Waals surface area contributed by atoms with E-state index in [2.05, 4.69) is 0 Å². The van der Waals surface area contributed by atoms with E-state index < -0.39 is 11.9 Å². The Bertz CT molecular complexity index is 506. The van der Waals surface area contributed by atoms with Crippen molar-refractivity contribution >= 4 is 17.5 Å². The Balaban J connectivity index is 3.08. The monoisotopic (exact) mass is 336 g/mol. The Labute approximate surface area is 146 Å². The number of hydrogen-bond donors (Lipinski definition) is 0. The molecule has 136 valence electrons. The summed E-state index contributed by atoms with van der Waals surface area (Å²) in [6.07, 6.45) is 4.27. The molecule has 0 spiro atoms. The Hall–Kier alpha value is -1.45. The van der Waals surface area contributed by atoms with Gasteiger partial charge in [-0.15, -0.1) is 0 Å². The maximum atomic E-state index is 12.5. The van der Waals surface area contributed by atoms with Gasteiger partial charge in [-0.3, -0.25) is 14.4 Å². The predicted molar refractivity (Wildman–Crippen MR) is 94.4 cm³/mol. The maximum Gasteiger partial charge on any atom is 0.316 e. The number of ether oxygens (including phenoxy) is 1. The number of carbonyl (C=O) groups excluding carboxylic acids is 3. The summed E-state index contributed by atoms with van der Waals surface area (Å²) in [5.41, 5.74) is 0.574. The zero-order chi connectivity index (χ0) is 18.4. The number of Topliss-reactive ketones (excluding diaryl/α,β-unsaturated/α-hetero) is 2. The van der Waals surface area contributed by atoms with Crippen molar-refractivity contribution in [2.75, 3.05) is 0 Å². The molecule has 1 heterocycles. The normalized spacial score (nSPS) is 34.3. The van der Waals surface area contributed by atoms with Gasteiger partial charge in [0.05, 0.1) is 0 Å². The Kier molecular flexibility index (Phi) is 7.85. The van der Waals surface area contributed by atoms with Crippen molar-refractivity contribution in [1.29, 1.82) is 0 Å². The number of cyclic esters (lactones) is 1. The molecule has 0 unspecified atom stereocenters. The molecule has 1 rings (SSSR count). The highest BCUT2D eigenvalue weighted by Gasteiger charge is 2.29. The third-order valence-electron chi connectivity index (χ3n) is 5.10. The number of carbonyl (C=O) groups is 3. The van der Waals surface area contributed by atoms with Crippen LogP contribution in [0.15, 0.2) is 11.6 Å². The van der Waals surface area contributed by atoms with Gasteiger partial charge in [-0.1, -0.05) is 33.8 Å². The lowest BCUT2D eigenvalue weighted by Crippen LogP contribution is -2.32. The molecular formula is C20H32O4. The van der Waals surface area contributed by atoms with Gasteiger partial charge in [0.2, 0.25) is 0 Å². The summed E-state index contributed by atoms with van der Waals surface area (Å²) in [6, 6.07) is 0. The van der Waals surface area contributed by atoms with Crippen LogP contribution in [0.4, 0.5) is 0 Å². The molecule has 0 fully saturated rings. The van der Waals surface area contributed by atoms with Crippen molar-refractivity contribution in [2.45, 2.75) is 73.3 Å². The van der Waals surface area contributed by atoms with Crippen LogP contribution in [0.5, 0.6) is 0 Å². The number of allylic oxidation sites excluding steroid dienone is 2. The molecule has 0 N–H and O–H groups in total. The lowest BCUT2D eigenvalue weighted by atomic mass is 9.87. The molecule has 0 aromatic carbocycles. The highest BCUT2D eigenvalue weighted by atomic mass is 16.5. The highest BCUT2D eigenvalue weighted by Crippen LogP contribution is 2.24. The van der Waals surface area contributed by atoms with Crippen LogP contribution < -0.4 is 0 Å². The van der Waals surface area contributed by atoms with Crippen LogP contribution in [0.1, 0.15) is 67.2 Å². The van der Waals surface area contributed by atoms with E-state index in [9.17, 15) is 14.4 Å². The molecule has 5 atom stereocenters. The van der Waals surface area contributed by atoms with Crippen LogP contribution in [0.25, 0.3) is 0 Å². The van der Waals surface area contributed by atoms with Crippen molar-refractivity contribution in [1.82, 2.24) is 0 Å². The van der Waals surface area contributed by atoms with Gasteiger partial charge in [0, 0.05) is 12.3 Å². The van der Waals surface area contributed by atoms with Crippen LogP contribution in [0, 0.1) is 23.7 Å². The molecule has 0 aromatic heterocycles. The molecule has 1 aliphatic rings. The number of ketones is 2. The van der Waals surface area contributed by atoms with Crippen molar-refractivity contribution in [2.24, 2.45) is 23.7 Å². The fourth-order valence-corrected chi connectivity index (χ4v) is 3.37. The van der Waals surface area contributed by atoms with Crippen LogP contribution in [-0.4, -0.2) is 23.6 Å². The second-order valence-corrected chi connectivity index (χ2v) is 7.42. The molecule has 0 saturated carbocycles. The molecule has 0 bridgehead atoms. The summed E-state index contributed by atoms with van der Waals surface area (Å²) in [6.45, 7) is 11.3. The van der Waals surface area contributed by atoms with Gasteiger partial charge in [-0.25, -0.2) is 0 Å². The third kappa shape index (κ3) is 5.57. The lowest BCUT2D eigenvalue weighted by molar-refractivity contribution is -0.158. The average Bonchev–Trinajstić information content (AvgIpc) is 2.54. The first-order valence-electron chi connectivity index (χ1n) is 9.13. The van der Waals surface area contributed by atoms with E-state index in [1.165, 1.54) is 0 Å². The minimum absolute atomic E-state index is 0.0191. The topological polar surface area (TPSA) is 60.4 Å². The lowest BCUT2D eigenvalue weighted by Gasteiger charge is -2.25. The van der Waals surface area contributed by atoms with Crippen molar-refractivity contribution in [3.63, 3.8) is 0 Å². The fraction of sp³-hybridized carbons (Fsp3) is 0.750. The molecule has 24 heavy (non-hydrogen) atoms. The molecule has 4 heteroatoms. The molecular weight excluding hydrogens is 304 g/mol. The van der Waals surface area contributed by atoms with E-state index in [0.717, 1.165) is 6.42 Å². The Morgan fingerprint density at radius 1 is 1.12 bits per heavy atom. The summed E-state index contributed by atoms with van der Waals surface area (Å²) in [4.78, 5) is 37.1. The molecule has 0 radical (unpaired) electrons. The van der Waals surface area contributed by atoms with E-state index >= 15 is 0 Å². The van der Waals surface area contributed by atoms with E-state index in [0.29, 0.717) is 24.8 Å². The number of rotatable bonds is 1. The molecule has 0 aliphatic carbocycles. The first kappa shape index (κ1) is 20.6. The predicted octanol–water partition coefficient (Wildman–Crippen LogP) is 4.12. The van der Waals surface area contributed by atoms with Gasteiger partial charge >= 0.3 is 5.97 Å². The molecule has 1 aliphatic heterocycles. The standard InChI is InChI=1S/C20H32O4/c1-7-18-13(3)8-9-17(21)14(4)10-12(2)11-15(5)19(22)16(6)20(23)24-18/h11-14,16,18H,7-10H2,1-6H3/t12-,13+,14+,16+,18+/m0/s1. The second kappa shape index (κ2) is 9.14. The summed E-state index contributed by atoms with van der Waals surface area (Å²) in [5, 5.41) is 0. The van der Waals surface area contributed by atoms with Crippen LogP contribution in [-0.2, 0) is 19.1 Å². The van der Waals surface area contributed by atoms with E-state index in [-0.39, 0.29) is 35.4 Å². The van der Waals surface area contributed by atoms with E-state index in [1.807, 2.05) is 33.8 Å². The second-order valence-electron chi connectivity index (χ2n) is 7.42. The summed E-state index contributed by atoms with van der Waals surface area (Å²) in [5.74, 6) is -0.973. The molecule has 0 saturated heterocycles. The molecule has 0 amide bonds. The SMILES string of the molecule is CC[C@H]1OC(=O)[C@H](C)C(=O)C(C)=C[C@@H](C)C[C@@H](C)C(=O)CC[C@H]1C. The van der Waals surface area contributed by atoms with Crippen molar-refractivity contribution in [3.05, 3.63) is 11.6 Å². The smallest absolute Gasteiger partial charge is 0.316 e. The summed E-state index contributed by atoms with van der Waals surface area (Å²) in [7, 11) is 0. The van der Waals surface area contributed by atoms with Gasteiger partial charge in [-0.05, 0) is 50.5 Å². The Morgan fingerprint density at radius 2 is 1.75 bits per heavy atom. The van der Waals surface area contributed by atoms with Gasteiger partial charge in [-0.2, -0.15) is 0 Å². The maximum absolute atomic E-state index is 12.5. The molecule has 4 nitrogen and oxygen atoms in total. The summed E-state index contributed by atoms with van der Waals surface area (Å²) >= 11 is 0. The first-order chi connectivity index (χ1) is 11.2. The van der Waals surface area contributed by atoms with Gasteiger partial charge in [0.15, 0.2) is 5.78 Å². The van der Waals surface area contributed by atoms with Crippen molar-refractivity contribution in [3.8, 4) is 0 Å². The van der Waals surface area contributed by atoms with E-state index in [1.54, 1.807) is 13.8 Å². The van der Waals surface area contributed by atoms with Gasteiger partial charge in [0.25, 0.3) is 0 Å². The van der Waals surface area contributed by atoms with Crippen molar-refractivity contribution < 1.29 is 19.1 Å². The van der Waals surface area contributed by atoms with Crippen LogP contribution >= 0.6 is 0 Å². The zero-order valence-electron chi connectivity index (χ0n) is 15.9. The van der Waals surface area contributed by atoms with Gasteiger partial charge in [0.1, 0.15) is 17.8 Å². The minimum Gasteiger partial charge on any atom is -0.462 e.